The van der Waals surface area contributed by atoms with Gasteiger partial charge >= 0.3 is 5.97 Å². The first-order valence-corrected chi connectivity index (χ1v) is 9.03. The van der Waals surface area contributed by atoms with Crippen LogP contribution in [0.15, 0.2) is 51.9 Å². The predicted octanol–water partition coefficient (Wildman–Crippen LogP) is 1.30. The van der Waals surface area contributed by atoms with Crippen LogP contribution in [0, 0.1) is 5.82 Å². The van der Waals surface area contributed by atoms with E-state index in [1.54, 1.807) is 0 Å². The number of halogens is 1. The van der Waals surface area contributed by atoms with Crippen LogP contribution < -0.4 is 15.4 Å². The fourth-order valence-corrected chi connectivity index (χ4v) is 3.88. The van der Waals surface area contributed by atoms with Crippen LogP contribution in [0.1, 0.15) is 18.4 Å². The van der Waals surface area contributed by atoms with Gasteiger partial charge in [0, 0.05) is 18.4 Å². The van der Waals surface area contributed by atoms with Gasteiger partial charge in [-0.25, -0.2) is 9.18 Å². The van der Waals surface area contributed by atoms with E-state index in [1.165, 1.54) is 42.7 Å². The number of carboxylic acid groups (broad SMARTS) is 1. The van der Waals surface area contributed by atoms with Gasteiger partial charge in [0.05, 0.1) is 17.5 Å². The molecule has 0 aliphatic carbocycles. The Morgan fingerprint density at radius 2 is 2.00 bits per heavy atom. The number of carboxylic acids is 1. The molecule has 1 unspecified atom stereocenters. The van der Waals surface area contributed by atoms with Gasteiger partial charge in [0.1, 0.15) is 24.2 Å². The minimum Gasteiger partial charge on any atom is -0.872 e. The molecule has 144 valence electrons. The van der Waals surface area contributed by atoms with Crippen LogP contribution in [0.5, 0.6) is 5.75 Å². The van der Waals surface area contributed by atoms with Crippen LogP contribution in [-0.2, 0) is 11.3 Å². The molecule has 0 spiro atoms. The van der Waals surface area contributed by atoms with Crippen molar-refractivity contribution in [3.05, 3.63) is 64.3 Å². The Morgan fingerprint density at radius 3 is 2.71 bits per heavy atom. The summed E-state index contributed by atoms with van der Waals surface area (Å²) in [6.45, 7) is 0.830. The Hall–Kier alpha value is -3.19. The number of quaternary nitrogens is 1. The lowest BCUT2D eigenvalue weighted by Gasteiger charge is -2.22. The second-order valence-corrected chi connectivity index (χ2v) is 7.02. The van der Waals surface area contributed by atoms with E-state index in [2.05, 4.69) is 0 Å². The van der Waals surface area contributed by atoms with Crippen molar-refractivity contribution >= 4 is 16.9 Å². The molecule has 0 saturated carbocycles. The minimum absolute atomic E-state index is 0.186. The molecule has 1 fully saturated rings. The molecule has 0 amide bonds. The van der Waals surface area contributed by atoms with E-state index in [4.69, 9.17) is 4.42 Å². The van der Waals surface area contributed by atoms with E-state index in [1.807, 2.05) is 0 Å². The summed E-state index contributed by atoms with van der Waals surface area (Å²) in [7, 11) is 0. The highest BCUT2D eigenvalue weighted by atomic mass is 19.1. The Labute approximate surface area is 159 Å². The van der Waals surface area contributed by atoms with Gasteiger partial charge < -0.3 is 19.5 Å². The zero-order valence-corrected chi connectivity index (χ0v) is 14.9. The van der Waals surface area contributed by atoms with E-state index in [-0.39, 0.29) is 34.3 Å². The molecule has 1 saturated heterocycles. The average Bonchev–Trinajstić information content (AvgIpc) is 3.14. The fraction of sp³-hybridized carbons (Fsp3) is 0.238. The zero-order chi connectivity index (χ0) is 19.8. The third-order valence-electron chi connectivity index (χ3n) is 5.34. The quantitative estimate of drug-likeness (QED) is 0.708. The summed E-state index contributed by atoms with van der Waals surface area (Å²) in [4.78, 5) is 25.1. The molecular formula is C21H18FNO5. The largest absolute Gasteiger partial charge is 0.872 e. The molecule has 3 aromatic rings. The number of nitrogens with one attached hydrogen (secondary N) is 1. The Kier molecular flexibility index (Phi) is 4.60. The number of benzene rings is 2. The third-order valence-corrected chi connectivity index (χ3v) is 5.34. The van der Waals surface area contributed by atoms with Gasteiger partial charge in [0.25, 0.3) is 0 Å². The summed E-state index contributed by atoms with van der Waals surface area (Å²) < 4.78 is 18.8. The Balaban J connectivity index is 1.79. The van der Waals surface area contributed by atoms with Crippen molar-refractivity contribution in [3.8, 4) is 16.9 Å². The summed E-state index contributed by atoms with van der Waals surface area (Å²) in [6.07, 6.45) is 2.60. The standard InChI is InChI=1S/C21H18FNO5/c22-13-5-3-12(4-6-13)16-11-28-20-14(19(16)25)7-8-18(24)15(20)10-23-9-1-2-17(23)21(26)27/h3-8,11,17,24H,1-2,9-10H2,(H,26,27)/t17-/m0/s1. The molecule has 2 N–H and O–H groups in total. The summed E-state index contributed by atoms with van der Waals surface area (Å²) >= 11 is 0. The summed E-state index contributed by atoms with van der Waals surface area (Å²) in [5, 5.41) is 22.1. The molecule has 1 aliphatic heterocycles. The fourth-order valence-electron chi connectivity index (χ4n) is 3.88. The van der Waals surface area contributed by atoms with Crippen molar-refractivity contribution in [1.82, 2.24) is 0 Å². The molecule has 0 bridgehead atoms. The summed E-state index contributed by atoms with van der Waals surface area (Å²) in [5.74, 6) is -1.58. The molecule has 2 aromatic carbocycles. The normalized spacial score (nSPS) is 19.2. The molecule has 6 nitrogen and oxygen atoms in total. The lowest BCUT2D eigenvalue weighted by Crippen LogP contribution is -3.13. The smallest absolute Gasteiger partial charge is 0.362 e. The van der Waals surface area contributed by atoms with Crippen molar-refractivity contribution in [2.75, 3.05) is 6.54 Å². The van der Waals surface area contributed by atoms with Gasteiger partial charge in [-0.3, -0.25) is 4.79 Å². The topological polar surface area (TPSA) is 95.0 Å². The molecule has 1 aliphatic rings. The minimum atomic E-state index is -0.889. The second-order valence-electron chi connectivity index (χ2n) is 7.02. The van der Waals surface area contributed by atoms with Crippen LogP contribution in [0.25, 0.3) is 22.1 Å². The molecular weight excluding hydrogens is 365 g/mol. The van der Waals surface area contributed by atoms with Gasteiger partial charge in [-0.05, 0) is 23.8 Å². The van der Waals surface area contributed by atoms with E-state index in [0.717, 1.165) is 11.3 Å². The molecule has 4 rings (SSSR count). The number of hydrogen-bond donors (Lipinski definition) is 2. The molecule has 28 heavy (non-hydrogen) atoms. The van der Waals surface area contributed by atoms with Crippen LogP contribution in [-0.4, -0.2) is 23.7 Å². The van der Waals surface area contributed by atoms with Gasteiger partial charge in [-0.1, -0.05) is 23.9 Å². The number of hydrogen-bond acceptors (Lipinski definition) is 4. The van der Waals surface area contributed by atoms with Crippen molar-refractivity contribution in [1.29, 1.82) is 0 Å². The predicted molar refractivity (Wildman–Crippen MR) is 97.5 cm³/mol. The maximum absolute atomic E-state index is 13.2. The van der Waals surface area contributed by atoms with E-state index in [9.17, 15) is 24.2 Å². The molecule has 1 aromatic heterocycles. The SMILES string of the molecule is O=C(O)[C@@H]1CCC[NH+]1Cc1c([O-])ccc2c(=O)c(-c3ccc(F)cc3)coc12. The van der Waals surface area contributed by atoms with Crippen molar-refractivity contribution in [3.63, 3.8) is 0 Å². The number of carbonyl (C=O) groups is 1. The lowest BCUT2D eigenvalue weighted by atomic mass is 10.0. The molecule has 0 radical (unpaired) electrons. The number of aliphatic carboxylic acids is 1. The summed E-state index contributed by atoms with van der Waals surface area (Å²) in [6, 6.07) is 7.66. The number of likely N-dealkylation sites (tertiary alicyclic amines) is 1. The van der Waals surface area contributed by atoms with Gasteiger partial charge in [0.15, 0.2) is 6.04 Å². The molecule has 2 atom stereocenters. The van der Waals surface area contributed by atoms with E-state index in [0.29, 0.717) is 24.1 Å². The third kappa shape index (κ3) is 3.14. The van der Waals surface area contributed by atoms with Crippen molar-refractivity contribution in [2.45, 2.75) is 25.4 Å². The second kappa shape index (κ2) is 7.09. The molecule has 7 heteroatoms. The van der Waals surface area contributed by atoms with Gasteiger partial charge in [-0.2, -0.15) is 0 Å². The van der Waals surface area contributed by atoms with Crippen LogP contribution in [0.2, 0.25) is 0 Å². The highest BCUT2D eigenvalue weighted by molar-refractivity contribution is 5.85. The maximum Gasteiger partial charge on any atom is 0.362 e. The zero-order valence-electron chi connectivity index (χ0n) is 14.9. The number of rotatable bonds is 4. The van der Waals surface area contributed by atoms with Crippen LogP contribution in [0.3, 0.4) is 0 Å². The maximum atomic E-state index is 13.2. The first kappa shape index (κ1) is 18.2. The van der Waals surface area contributed by atoms with Crippen LogP contribution >= 0.6 is 0 Å². The molecule has 2 heterocycles. The monoisotopic (exact) mass is 383 g/mol. The average molecular weight is 383 g/mol. The van der Waals surface area contributed by atoms with Gasteiger partial charge in [-0.15, -0.1) is 0 Å². The van der Waals surface area contributed by atoms with Crippen molar-refractivity contribution in [2.24, 2.45) is 0 Å². The Bertz CT molecular complexity index is 1110. The van der Waals surface area contributed by atoms with E-state index >= 15 is 0 Å². The van der Waals surface area contributed by atoms with Crippen LogP contribution in [0.4, 0.5) is 4.39 Å². The highest BCUT2D eigenvalue weighted by Crippen LogP contribution is 2.26. The van der Waals surface area contributed by atoms with Gasteiger partial charge in [0.2, 0.25) is 5.43 Å². The summed E-state index contributed by atoms with van der Waals surface area (Å²) in [5.41, 5.74) is 0.963. The lowest BCUT2D eigenvalue weighted by molar-refractivity contribution is -0.917. The highest BCUT2D eigenvalue weighted by Gasteiger charge is 2.35. The first-order valence-electron chi connectivity index (χ1n) is 9.03. The van der Waals surface area contributed by atoms with E-state index < -0.39 is 17.8 Å². The number of fused-ring (bicyclic) bond motifs is 1. The van der Waals surface area contributed by atoms with Crippen molar-refractivity contribution < 1.29 is 28.7 Å². The first-order chi connectivity index (χ1) is 13.5. The Morgan fingerprint density at radius 1 is 1.25 bits per heavy atom.